The first-order chi connectivity index (χ1) is 9.32. The van der Waals surface area contributed by atoms with Gasteiger partial charge in [0.2, 0.25) is 12.2 Å². The van der Waals surface area contributed by atoms with Crippen molar-refractivity contribution in [1.29, 1.82) is 0 Å². The van der Waals surface area contributed by atoms with E-state index in [1.165, 1.54) is 0 Å². The molecule has 2 N–H and O–H groups in total. The number of nitrogens with zero attached hydrogens (tertiary/aromatic N) is 2. The summed E-state index contributed by atoms with van der Waals surface area (Å²) < 4.78 is 0. The van der Waals surface area contributed by atoms with E-state index in [1.54, 1.807) is 12.2 Å². The minimum atomic E-state index is -0.125. The van der Waals surface area contributed by atoms with Gasteiger partial charge in [-0.15, -0.1) is 0 Å². The Hall–Kier alpha value is -1.32. The number of isocyanates is 2. The Morgan fingerprint density at radius 2 is 1.70 bits per heavy atom. The maximum Gasteiger partial charge on any atom is 0.235 e. The van der Waals surface area contributed by atoms with Gasteiger partial charge in [0.05, 0.1) is 25.8 Å². The molecule has 1 fully saturated rings. The highest BCUT2D eigenvalue weighted by molar-refractivity contribution is 5.34. The summed E-state index contributed by atoms with van der Waals surface area (Å²) in [6.07, 6.45) is 5.88. The molecule has 20 heavy (non-hydrogen) atoms. The van der Waals surface area contributed by atoms with Crippen molar-refractivity contribution in [2.75, 3.05) is 19.8 Å². The second kappa shape index (κ2) is 8.77. The monoisotopic (exact) mass is 284 g/mol. The fraction of sp³-hybridized carbons (Fsp3) is 0.857. The minimum Gasteiger partial charge on any atom is -0.394 e. The second-order valence-electron chi connectivity index (χ2n) is 6.29. The fourth-order valence-corrected chi connectivity index (χ4v) is 3.09. The molecule has 1 aliphatic rings. The average molecular weight is 284 g/mol. The number of aliphatic imine (C=N–C) groups is 2. The number of hydrogen-bond acceptors (Lipinski definition) is 6. The zero-order chi connectivity index (χ0) is 15.6. The van der Waals surface area contributed by atoms with Crippen molar-refractivity contribution in [3.05, 3.63) is 0 Å². The molecule has 6 heteroatoms. The molecular formula is C14H24N2O4. The summed E-state index contributed by atoms with van der Waals surface area (Å²) in [5.41, 5.74) is 0.0561. The van der Waals surface area contributed by atoms with Crippen LogP contribution in [-0.4, -0.2) is 48.2 Å². The van der Waals surface area contributed by atoms with Crippen molar-refractivity contribution >= 4 is 12.2 Å². The Labute approximate surface area is 119 Å². The van der Waals surface area contributed by atoms with Gasteiger partial charge in [-0.25, -0.2) is 19.6 Å². The Morgan fingerprint density at radius 1 is 1.10 bits per heavy atom. The molecule has 1 rings (SSSR count). The largest absolute Gasteiger partial charge is 0.394 e. The highest BCUT2D eigenvalue weighted by atomic mass is 16.3. The van der Waals surface area contributed by atoms with Gasteiger partial charge in [-0.3, -0.25) is 0 Å². The minimum absolute atomic E-state index is 0.00750. The van der Waals surface area contributed by atoms with Gasteiger partial charge < -0.3 is 10.2 Å². The molecule has 2 atom stereocenters. The van der Waals surface area contributed by atoms with Crippen LogP contribution in [0.3, 0.4) is 0 Å². The molecule has 2 unspecified atom stereocenters. The third kappa shape index (κ3) is 7.31. The molecule has 0 aliphatic heterocycles. The topological polar surface area (TPSA) is 99.3 Å². The van der Waals surface area contributed by atoms with E-state index in [4.69, 9.17) is 10.2 Å². The zero-order valence-electron chi connectivity index (χ0n) is 12.4. The van der Waals surface area contributed by atoms with Crippen LogP contribution in [0.5, 0.6) is 0 Å². The lowest BCUT2D eigenvalue weighted by atomic mass is 9.63. The lowest BCUT2D eigenvalue weighted by Crippen LogP contribution is -2.39. The molecule has 0 bridgehead atoms. The highest BCUT2D eigenvalue weighted by Crippen LogP contribution is 2.47. The van der Waals surface area contributed by atoms with Gasteiger partial charge in [-0.2, -0.15) is 0 Å². The van der Waals surface area contributed by atoms with E-state index >= 15 is 0 Å². The van der Waals surface area contributed by atoms with Crippen LogP contribution in [0.15, 0.2) is 9.98 Å². The standard InChI is InChI=1S/C12H18N2O2.C2H6O2/c1-11(2)4-10(14-9-16)5-12(3,6-11)7-13-8-15;3-1-2-4/h10H,4-7H2,1-3H3;3-4H,1-2H2. The van der Waals surface area contributed by atoms with Crippen LogP contribution in [0.25, 0.3) is 0 Å². The Kier molecular flexibility index (Phi) is 8.19. The second-order valence-corrected chi connectivity index (χ2v) is 6.29. The van der Waals surface area contributed by atoms with Gasteiger partial charge in [0.1, 0.15) is 0 Å². The van der Waals surface area contributed by atoms with E-state index in [0.29, 0.717) is 6.54 Å². The maximum absolute atomic E-state index is 10.3. The highest BCUT2D eigenvalue weighted by Gasteiger charge is 2.41. The molecule has 0 amide bonds. The molecule has 0 spiro atoms. The molecule has 6 nitrogen and oxygen atoms in total. The molecule has 0 radical (unpaired) electrons. The molecule has 0 aromatic heterocycles. The molecule has 114 valence electrons. The molecule has 0 heterocycles. The summed E-state index contributed by atoms with van der Waals surface area (Å²) in [4.78, 5) is 28.0. The Morgan fingerprint density at radius 3 is 2.15 bits per heavy atom. The van der Waals surface area contributed by atoms with Crippen LogP contribution in [0.2, 0.25) is 0 Å². The number of aliphatic hydroxyl groups excluding tert-OH is 2. The van der Waals surface area contributed by atoms with Crippen molar-refractivity contribution < 1.29 is 19.8 Å². The Bertz CT molecular complexity index is 383. The van der Waals surface area contributed by atoms with Gasteiger partial charge in [0.15, 0.2) is 0 Å². The van der Waals surface area contributed by atoms with Gasteiger partial charge in [-0.05, 0) is 30.1 Å². The number of carbonyl (C=O) groups excluding carboxylic acids is 2. The number of rotatable bonds is 4. The average Bonchev–Trinajstić information content (AvgIpc) is 2.35. The number of aliphatic hydroxyl groups is 2. The van der Waals surface area contributed by atoms with E-state index in [2.05, 4.69) is 30.8 Å². The third-order valence-corrected chi connectivity index (χ3v) is 3.28. The van der Waals surface area contributed by atoms with E-state index in [-0.39, 0.29) is 30.1 Å². The molecule has 0 aromatic rings. The lowest BCUT2D eigenvalue weighted by molar-refractivity contribution is 0.0915. The van der Waals surface area contributed by atoms with Gasteiger partial charge >= 0.3 is 0 Å². The fourth-order valence-electron chi connectivity index (χ4n) is 3.09. The first-order valence-electron chi connectivity index (χ1n) is 6.65. The molecule has 0 saturated heterocycles. The van der Waals surface area contributed by atoms with E-state index in [9.17, 15) is 9.59 Å². The van der Waals surface area contributed by atoms with Crippen molar-refractivity contribution in [2.45, 2.75) is 46.1 Å². The molecule has 1 aliphatic carbocycles. The van der Waals surface area contributed by atoms with Crippen LogP contribution >= 0.6 is 0 Å². The Balaban J connectivity index is 0.000000796. The summed E-state index contributed by atoms with van der Waals surface area (Å²) in [6, 6.07) is 0.00750. The maximum atomic E-state index is 10.3. The summed E-state index contributed by atoms with van der Waals surface area (Å²) >= 11 is 0. The molecular weight excluding hydrogens is 260 g/mol. The summed E-state index contributed by atoms with van der Waals surface area (Å²) in [6.45, 7) is 6.61. The van der Waals surface area contributed by atoms with Crippen molar-refractivity contribution in [2.24, 2.45) is 20.8 Å². The van der Waals surface area contributed by atoms with Gasteiger partial charge in [0, 0.05) is 0 Å². The van der Waals surface area contributed by atoms with Crippen LogP contribution in [0.1, 0.15) is 40.0 Å². The predicted molar refractivity (Wildman–Crippen MR) is 74.8 cm³/mol. The summed E-state index contributed by atoms with van der Waals surface area (Å²) in [7, 11) is 0. The normalized spacial score (nSPS) is 27.4. The van der Waals surface area contributed by atoms with Gasteiger partial charge in [0.25, 0.3) is 0 Å². The molecule has 0 aromatic carbocycles. The van der Waals surface area contributed by atoms with Crippen LogP contribution in [-0.2, 0) is 9.59 Å². The lowest BCUT2D eigenvalue weighted by Gasteiger charge is -2.44. The van der Waals surface area contributed by atoms with Crippen LogP contribution in [0, 0.1) is 10.8 Å². The summed E-state index contributed by atoms with van der Waals surface area (Å²) in [5.74, 6) is 0. The van der Waals surface area contributed by atoms with E-state index in [1.807, 2.05) is 0 Å². The first kappa shape index (κ1) is 18.7. The summed E-state index contributed by atoms with van der Waals surface area (Å²) in [5, 5.41) is 15.2. The quantitative estimate of drug-likeness (QED) is 0.598. The van der Waals surface area contributed by atoms with Crippen LogP contribution < -0.4 is 0 Å². The van der Waals surface area contributed by atoms with Crippen LogP contribution in [0.4, 0.5) is 0 Å². The van der Waals surface area contributed by atoms with Crippen molar-refractivity contribution in [3.63, 3.8) is 0 Å². The SMILES string of the molecule is CC1(C)CC(N=C=O)CC(C)(CN=C=O)C1.OCCO. The third-order valence-electron chi connectivity index (χ3n) is 3.28. The van der Waals surface area contributed by atoms with Gasteiger partial charge in [-0.1, -0.05) is 20.8 Å². The predicted octanol–water partition coefficient (Wildman–Crippen LogP) is 1.21. The van der Waals surface area contributed by atoms with Crippen molar-refractivity contribution in [1.82, 2.24) is 0 Å². The smallest absolute Gasteiger partial charge is 0.235 e. The van der Waals surface area contributed by atoms with Crippen molar-refractivity contribution in [3.8, 4) is 0 Å². The van der Waals surface area contributed by atoms with E-state index < -0.39 is 0 Å². The van der Waals surface area contributed by atoms with E-state index in [0.717, 1.165) is 19.3 Å². The first-order valence-corrected chi connectivity index (χ1v) is 6.65. The number of hydrogen-bond donors (Lipinski definition) is 2. The zero-order valence-corrected chi connectivity index (χ0v) is 12.4. The molecule has 1 saturated carbocycles.